The van der Waals surface area contributed by atoms with Gasteiger partial charge in [0.2, 0.25) is 0 Å². The summed E-state index contributed by atoms with van der Waals surface area (Å²) in [5.74, 6) is 0. The number of fused-ring (bicyclic) bond motifs is 8. The molecule has 0 radical (unpaired) electrons. The lowest BCUT2D eigenvalue weighted by molar-refractivity contribution is 1.31. The van der Waals surface area contributed by atoms with Gasteiger partial charge in [-0.2, -0.15) is 0 Å². The van der Waals surface area contributed by atoms with Gasteiger partial charge in [-0.25, -0.2) is 0 Å². The van der Waals surface area contributed by atoms with Crippen molar-refractivity contribution in [3.8, 4) is 0 Å². The van der Waals surface area contributed by atoms with Crippen LogP contribution in [0.2, 0.25) is 0 Å². The van der Waals surface area contributed by atoms with E-state index in [9.17, 15) is 0 Å². The summed E-state index contributed by atoms with van der Waals surface area (Å²) < 4.78 is 2.63. The van der Waals surface area contributed by atoms with Gasteiger partial charge in [0, 0.05) is 26.8 Å². The zero-order valence-corrected chi connectivity index (χ0v) is 21.5. The molecule has 0 saturated carbocycles. The molecule has 0 bridgehead atoms. The van der Waals surface area contributed by atoms with Gasteiger partial charge >= 0.3 is 0 Å². The van der Waals surface area contributed by atoms with Crippen molar-refractivity contribution < 1.29 is 0 Å². The highest BCUT2D eigenvalue weighted by Gasteiger charge is 2.18. The number of nitrogens with zero attached hydrogens (tertiary/aromatic N) is 1. The van der Waals surface area contributed by atoms with Crippen LogP contribution in [0.5, 0.6) is 0 Å². The number of thiophene rings is 1. The minimum absolute atomic E-state index is 1.16. The lowest BCUT2D eigenvalue weighted by Crippen LogP contribution is -2.09. The molecule has 1 heterocycles. The van der Waals surface area contributed by atoms with Crippen LogP contribution in [-0.4, -0.2) is 0 Å². The predicted molar refractivity (Wildman–Crippen MR) is 167 cm³/mol. The molecule has 1 aromatic heterocycles. The Balaban J connectivity index is 1.38. The van der Waals surface area contributed by atoms with Gasteiger partial charge in [-0.1, -0.05) is 103 Å². The van der Waals surface area contributed by atoms with Crippen LogP contribution in [-0.2, 0) is 0 Å². The SMILES string of the molecule is c1ccc(N(c2ccc3c(ccc4c5ccccc5ccc34)c2)c2cccc3c2sc2ccccc23)cc1. The minimum atomic E-state index is 1.16. The van der Waals surface area contributed by atoms with E-state index < -0.39 is 0 Å². The number of benzene rings is 7. The maximum absolute atomic E-state index is 2.40. The topological polar surface area (TPSA) is 3.24 Å². The molecule has 0 spiro atoms. The zero-order valence-electron chi connectivity index (χ0n) is 20.6. The van der Waals surface area contributed by atoms with Crippen LogP contribution in [0.25, 0.3) is 52.5 Å². The van der Waals surface area contributed by atoms with Crippen molar-refractivity contribution in [2.45, 2.75) is 0 Å². The molecule has 0 atom stereocenters. The van der Waals surface area contributed by atoms with Gasteiger partial charge in [-0.05, 0) is 68.7 Å². The first-order valence-electron chi connectivity index (χ1n) is 12.9. The molecule has 0 unspecified atom stereocenters. The standard InChI is InChI=1S/C36H23NS/c1-2-10-26(11-3-1)37(34-15-8-14-33-32-13-6-7-16-35(32)38-36(33)34)27-19-22-29-25(23-27)18-21-30-28-12-5-4-9-24(28)17-20-31(29)30/h1-23H. The number of rotatable bonds is 3. The predicted octanol–water partition coefficient (Wildman–Crippen LogP) is 11.0. The fraction of sp³-hybridized carbons (Fsp3) is 0. The molecule has 0 N–H and O–H groups in total. The number of hydrogen-bond acceptors (Lipinski definition) is 2. The summed E-state index contributed by atoms with van der Waals surface area (Å²) in [7, 11) is 0. The Kier molecular flexibility index (Phi) is 4.76. The molecular weight excluding hydrogens is 478 g/mol. The first-order valence-corrected chi connectivity index (χ1v) is 13.8. The highest BCUT2D eigenvalue weighted by atomic mass is 32.1. The molecule has 0 aliphatic carbocycles. The zero-order chi connectivity index (χ0) is 25.1. The van der Waals surface area contributed by atoms with Crippen LogP contribution in [0.4, 0.5) is 17.1 Å². The van der Waals surface area contributed by atoms with E-state index in [0.717, 1.165) is 11.4 Å². The number of hydrogen-bond donors (Lipinski definition) is 0. The van der Waals surface area contributed by atoms with Crippen LogP contribution in [0, 0.1) is 0 Å². The van der Waals surface area contributed by atoms with Crippen LogP contribution in [0.1, 0.15) is 0 Å². The van der Waals surface area contributed by atoms with Gasteiger partial charge < -0.3 is 4.90 Å². The van der Waals surface area contributed by atoms with Gasteiger partial charge in [-0.3, -0.25) is 0 Å². The molecule has 178 valence electrons. The Bertz CT molecular complexity index is 2140. The van der Waals surface area contributed by atoms with E-state index in [1.165, 1.54) is 58.2 Å². The van der Waals surface area contributed by atoms with Crippen molar-refractivity contribution in [2.24, 2.45) is 0 Å². The first kappa shape index (κ1) is 21.4. The van der Waals surface area contributed by atoms with E-state index in [2.05, 4.69) is 144 Å². The molecule has 0 saturated heterocycles. The summed E-state index contributed by atoms with van der Waals surface area (Å²) in [6, 6.07) is 50.7. The number of anilines is 3. The summed E-state index contributed by atoms with van der Waals surface area (Å²) in [5.41, 5.74) is 3.53. The average molecular weight is 502 g/mol. The second-order valence-electron chi connectivity index (χ2n) is 9.78. The molecule has 0 amide bonds. The third-order valence-corrected chi connectivity index (χ3v) is 8.83. The lowest BCUT2D eigenvalue weighted by atomic mass is 9.96. The Morgan fingerprint density at radius 3 is 1.92 bits per heavy atom. The van der Waals surface area contributed by atoms with Gasteiger partial charge in [0.15, 0.2) is 0 Å². The largest absolute Gasteiger partial charge is 0.309 e. The average Bonchev–Trinajstić information content (AvgIpc) is 3.37. The fourth-order valence-electron chi connectivity index (χ4n) is 5.87. The summed E-state index contributed by atoms with van der Waals surface area (Å²) >= 11 is 1.87. The second kappa shape index (κ2) is 8.44. The molecule has 38 heavy (non-hydrogen) atoms. The molecule has 8 rings (SSSR count). The van der Waals surface area contributed by atoms with Gasteiger partial charge in [0.25, 0.3) is 0 Å². The minimum Gasteiger partial charge on any atom is -0.309 e. The van der Waals surface area contributed by atoms with Gasteiger partial charge in [0.05, 0.1) is 10.4 Å². The first-order chi connectivity index (χ1) is 18.8. The van der Waals surface area contributed by atoms with E-state index in [1.54, 1.807) is 0 Å². The second-order valence-corrected chi connectivity index (χ2v) is 10.8. The summed E-state index contributed by atoms with van der Waals surface area (Å²) in [6.07, 6.45) is 0. The summed E-state index contributed by atoms with van der Waals surface area (Å²) in [6.45, 7) is 0. The fourth-order valence-corrected chi connectivity index (χ4v) is 7.07. The van der Waals surface area contributed by atoms with E-state index >= 15 is 0 Å². The lowest BCUT2D eigenvalue weighted by Gasteiger charge is -2.26. The van der Waals surface area contributed by atoms with Gasteiger partial charge in [-0.15, -0.1) is 11.3 Å². The molecule has 0 aliphatic heterocycles. The molecule has 2 heteroatoms. The molecule has 0 fully saturated rings. The molecule has 8 aromatic rings. The van der Waals surface area contributed by atoms with Gasteiger partial charge in [0.1, 0.15) is 0 Å². The van der Waals surface area contributed by atoms with E-state index in [0.29, 0.717) is 0 Å². The normalized spacial score (nSPS) is 11.7. The third-order valence-electron chi connectivity index (χ3n) is 7.62. The smallest absolute Gasteiger partial charge is 0.0640 e. The Morgan fingerprint density at radius 1 is 0.395 bits per heavy atom. The van der Waals surface area contributed by atoms with E-state index in [-0.39, 0.29) is 0 Å². The summed E-state index contributed by atoms with van der Waals surface area (Å²) in [5, 5.41) is 10.3. The van der Waals surface area contributed by atoms with Crippen LogP contribution >= 0.6 is 11.3 Å². The van der Waals surface area contributed by atoms with Crippen molar-refractivity contribution in [2.75, 3.05) is 4.90 Å². The van der Waals surface area contributed by atoms with E-state index in [1.807, 2.05) is 11.3 Å². The Morgan fingerprint density at radius 2 is 1.05 bits per heavy atom. The van der Waals surface area contributed by atoms with Crippen molar-refractivity contribution in [1.29, 1.82) is 0 Å². The molecule has 1 nitrogen and oxygen atoms in total. The highest BCUT2D eigenvalue weighted by molar-refractivity contribution is 7.26. The monoisotopic (exact) mass is 501 g/mol. The van der Waals surface area contributed by atoms with Crippen LogP contribution in [0.3, 0.4) is 0 Å². The van der Waals surface area contributed by atoms with Crippen molar-refractivity contribution in [3.63, 3.8) is 0 Å². The third kappa shape index (κ3) is 3.24. The quantitative estimate of drug-likeness (QED) is 0.218. The van der Waals surface area contributed by atoms with Crippen molar-refractivity contribution >= 4 is 80.9 Å². The molecular formula is C36H23NS. The summed E-state index contributed by atoms with van der Waals surface area (Å²) in [4.78, 5) is 2.40. The van der Waals surface area contributed by atoms with Crippen LogP contribution < -0.4 is 4.90 Å². The molecule has 7 aromatic carbocycles. The number of para-hydroxylation sites is 1. The van der Waals surface area contributed by atoms with E-state index in [4.69, 9.17) is 0 Å². The maximum Gasteiger partial charge on any atom is 0.0640 e. The maximum atomic E-state index is 2.40. The van der Waals surface area contributed by atoms with Crippen molar-refractivity contribution in [3.05, 3.63) is 140 Å². The molecule has 0 aliphatic rings. The van der Waals surface area contributed by atoms with Crippen molar-refractivity contribution in [1.82, 2.24) is 0 Å². The van der Waals surface area contributed by atoms with Crippen LogP contribution in [0.15, 0.2) is 140 Å². The Hall–Kier alpha value is -4.66. The Labute approximate surface area is 224 Å². The highest BCUT2D eigenvalue weighted by Crippen LogP contribution is 2.45.